The molecule has 1 aliphatic carbocycles. The molecular weight excluding hydrogens is 432 g/mol. The molecule has 2 aliphatic rings. The molecule has 3 aromatic rings. The third-order valence-corrected chi connectivity index (χ3v) is 7.53. The molecule has 176 valence electrons. The van der Waals surface area contributed by atoms with E-state index in [4.69, 9.17) is 21.6 Å². The monoisotopic (exact) mass is 466 g/mol. The van der Waals surface area contributed by atoms with E-state index in [1.165, 1.54) is 17.7 Å². The molecule has 33 heavy (non-hydrogen) atoms. The molecule has 0 N–H and O–H groups in total. The number of rotatable bonds is 6. The summed E-state index contributed by atoms with van der Waals surface area (Å²) in [5.74, 6) is 1.15. The summed E-state index contributed by atoms with van der Waals surface area (Å²) in [6.45, 7) is 8.25. The van der Waals surface area contributed by atoms with Gasteiger partial charge in [0.2, 0.25) is 0 Å². The van der Waals surface area contributed by atoms with Crippen molar-refractivity contribution in [1.82, 2.24) is 24.2 Å². The van der Waals surface area contributed by atoms with Gasteiger partial charge in [-0.2, -0.15) is 0 Å². The van der Waals surface area contributed by atoms with Gasteiger partial charge in [-0.3, -0.25) is 14.3 Å². The van der Waals surface area contributed by atoms with Gasteiger partial charge in [0.1, 0.15) is 16.6 Å². The minimum atomic E-state index is 0.330. The number of hydrogen-bond acceptors (Lipinski definition) is 5. The summed E-state index contributed by atoms with van der Waals surface area (Å²) in [5.41, 5.74) is 4.53. The van der Waals surface area contributed by atoms with Gasteiger partial charge in [-0.05, 0) is 76.0 Å². The van der Waals surface area contributed by atoms with Crippen molar-refractivity contribution in [2.75, 3.05) is 44.7 Å². The largest absolute Gasteiger partial charge is 0.356 e. The summed E-state index contributed by atoms with van der Waals surface area (Å²) in [5, 5.41) is 0.747. The van der Waals surface area contributed by atoms with E-state index in [0.717, 1.165) is 87.3 Å². The van der Waals surface area contributed by atoms with Crippen LogP contribution in [-0.4, -0.2) is 63.9 Å². The van der Waals surface area contributed by atoms with E-state index in [2.05, 4.69) is 63.4 Å². The van der Waals surface area contributed by atoms with Crippen LogP contribution in [-0.2, 0) is 13.0 Å². The normalized spacial score (nSPS) is 19.8. The zero-order valence-corrected chi connectivity index (χ0v) is 20.6. The Bertz CT molecular complexity index is 1100. The number of halogens is 1. The topological polar surface area (TPSA) is 39.9 Å². The highest BCUT2D eigenvalue weighted by Gasteiger charge is 2.28. The first-order chi connectivity index (χ1) is 16.2. The smallest absolute Gasteiger partial charge is 0.139 e. The first-order valence-corrected chi connectivity index (χ1v) is 12.8. The number of hydrogen-bond donors (Lipinski definition) is 0. The molecule has 5 rings (SSSR count). The summed E-state index contributed by atoms with van der Waals surface area (Å²) in [7, 11) is 2.20. The summed E-state index contributed by atoms with van der Waals surface area (Å²) in [6.07, 6.45) is 7.66. The van der Waals surface area contributed by atoms with E-state index in [9.17, 15) is 0 Å². The molecule has 0 unspecified atom stereocenters. The van der Waals surface area contributed by atoms with E-state index in [1.807, 2.05) is 6.20 Å². The van der Waals surface area contributed by atoms with Crippen molar-refractivity contribution < 1.29 is 0 Å². The third kappa shape index (κ3) is 4.61. The Morgan fingerprint density at radius 3 is 2.88 bits per heavy atom. The lowest BCUT2D eigenvalue weighted by molar-refractivity contribution is 0.164. The molecule has 6 nitrogen and oxygen atoms in total. The predicted molar refractivity (Wildman–Crippen MR) is 135 cm³/mol. The van der Waals surface area contributed by atoms with Crippen LogP contribution in [0.15, 0.2) is 36.5 Å². The molecule has 0 spiro atoms. The fraction of sp³-hybridized carbons (Fsp3) is 0.538. The van der Waals surface area contributed by atoms with Gasteiger partial charge < -0.3 is 9.80 Å². The molecule has 1 aliphatic heterocycles. The minimum absolute atomic E-state index is 0.330. The number of pyridine rings is 2. The zero-order chi connectivity index (χ0) is 22.8. The van der Waals surface area contributed by atoms with Gasteiger partial charge in [-0.1, -0.05) is 30.7 Å². The maximum Gasteiger partial charge on any atom is 0.139 e. The molecule has 1 fully saturated rings. The van der Waals surface area contributed by atoms with Gasteiger partial charge in [0.05, 0.1) is 17.4 Å². The number of nitrogens with zero attached hydrogens (tertiary/aromatic N) is 6. The average Bonchev–Trinajstić information content (AvgIpc) is 3.00. The maximum atomic E-state index is 7.06. The fourth-order valence-electron chi connectivity index (χ4n) is 5.48. The van der Waals surface area contributed by atoms with Gasteiger partial charge in [0.15, 0.2) is 0 Å². The number of anilines is 1. The van der Waals surface area contributed by atoms with Crippen LogP contribution in [0.25, 0.3) is 5.65 Å². The van der Waals surface area contributed by atoms with Crippen molar-refractivity contribution in [3.8, 4) is 0 Å². The van der Waals surface area contributed by atoms with Gasteiger partial charge in [0, 0.05) is 32.4 Å². The Morgan fingerprint density at radius 2 is 2.00 bits per heavy atom. The molecule has 0 amide bonds. The molecule has 0 saturated carbocycles. The van der Waals surface area contributed by atoms with Crippen LogP contribution in [0, 0.1) is 0 Å². The van der Waals surface area contributed by atoms with Crippen molar-refractivity contribution in [3.05, 3.63) is 58.6 Å². The average molecular weight is 467 g/mol. The van der Waals surface area contributed by atoms with Crippen LogP contribution in [0.1, 0.15) is 55.6 Å². The first-order valence-electron chi connectivity index (χ1n) is 12.4. The van der Waals surface area contributed by atoms with Crippen molar-refractivity contribution in [1.29, 1.82) is 0 Å². The second kappa shape index (κ2) is 10.00. The summed E-state index contributed by atoms with van der Waals surface area (Å²) >= 11 is 7.06. The van der Waals surface area contributed by atoms with E-state index in [-0.39, 0.29) is 0 Å². The maximum absolute atomic E-state index is 7.06. The second-order valence-corrected chi connectivity index (χ2v) is 9.86. The molecular formula is C26H35ClN6. The molecule has 0 aromatic carbocycles. The Kier molecular flexibility index (Phi) is 6.86. The summed E-state index contributed by atoms with van der Waals surface area (Å²) in [4.78, 5) is 17.2. The van der Waals surface area contributed by atoms with Crippen LogP contribution in [0.3, 0.4) is 0 Å². The summed E-state index contributed by atoms with van der Waals surface area (Å²) < 4.78 is 2.15. The number of aromatic nitrogens is 3. The van der Waals surface area contributed by atoms with E-state index in [0.29, 0.717) is 6.04 Å². The lowest BCUT2D eigenvalue weighted by Crippen LogP contribution is -2.32. The van der Waals surface area contributed by atoms with Gasteiger partial charge in [-0.15, -0.1) is 0 Å². The lowest BCUT2D eigenvalue weighted by Gasteiger charge is -2.34. The Labute approximate surface area is 202 Å². The first kappa shape index (κ1) is 22.6. The molecule has 0 radical (unpaired) electrons. The highest BCUT2D eigenvalue weighted by molar-refractivity contribution is 6.30. The van der Waals surface area contributed by atoms with Crippen molar-refractivity contribution in [2.24, 2.45) is 0 Å². The van der Waals surface area contributed by atoms with E-state index < -0.39 is 0 Å². The molecule has 1 atom stereocenters. The van der Waals surface area contributed by atoms with Crippen LogP contribution in [0.5, 0.6) is 0 Å². The standard InChI is InChI=1S/C26H35ClN6/c1-3-14-32(22-10-4-8-20-9-6-13-28-25(20)22)19-21-26(27)33-23(29-21)11-5-12-24(33)31-16-7-15-30(2)17-18-31/h5-6,9,11-13,22H,3-4,7-8,10,14-19H2,1-2H3/t22-/m0/s1. The lowest BCUT2D eigenvalue weighted by atomic mass is 9.90. The van der Waals surface area contributed by atoms with Crippen LogP contribution in [0.4, 0.5) is 5.82 Å². The van der Waals surface area contributed by atoms with E-state index >= 15 is 0 Å². The Balaban J connectivity index is 1.47. The SMILES string of the molecule is CCCN(Cc1nc2cccc(N3CCCN(C)CC3)n2c1Cl)[C@H]1CCCc2cccnc21. The van der Waals surface area contributed by atoms with Gasteiger partial charge in [0.25, 0.3) is 0 Å². The molecule has 0 bridgehead atoms. The molecule has 4 heterocycles. The van der Waals surface area contributed by atoms with Gasteiger partial charge in [-0.25, -0.2) is 4.98 Å². The van der Waals surface area contributed by atoms with Gasteiger partial charge >= 0.3 is 0 Å². The Morgan fingerprint density at radius 1 is 1.09 bits per heavy atom. The van der Waals surface area contributed by atoms with Crippen molar-refractivity contribution in [2.45, 2.75) is 51.6 Å². The van der Waals surface area contributed by atoms with Crippen LogP contribution >= 0.6 is 11.6 Å². The highest BCUT2D eigenvalue weighted by Crippen LogP contribution is 2.35. The van der Waals surface area contributed by atoms with E-state index in [1.54, 1.807) is 0 Å². The second-order valence-electron chi connectivity index (χ2n) is 9.50. The number of fused-ring (bicyclic) bond motifs is 2. The molecule has 7 heteroatoms. The fourth-order valence-corrected chi connectivity index (χ4v) is 5.75. The van der Waals surface area contributed by atoms with Crippen molar-refractivity contribution >= 4 is 23.1 Å². The predicted octanol–water partition coefficient (Wildman–Crippen LogP) is 4.81. The Hall–Kier alpha value is -2.15. The minimum Gasteiger partial charge on any atom is -0.356 e. The van der Waals surface area contributed by atoms with Crippen LogP contribution < -0.4 is 4.90 Å². The number of likely N-dealkylation sites (N-methyl/N-ethyl adjacent to an activating group) is 1. The third-order valence-electron chi connectivity index (χ3n) is 7.15. The van der Waals surface area contributed by atoms with Crippen molar-refractivity contribution in [3.63, 3.8) is 0 Å². The number of aryl methyl sites for hydroxylation is 1. The van der Waals surface area contributed by atoms with Crippen LogP contribution in [0.2, 0.25) is 5.15 Å². The quantitative estimate of drug-likeness (QED) is 0.521. The summed E-state index contributed by atoms with van der Waals surface area (Å²) in [6, 6.07) is 11.0. The highest BCUT2D eigenvalue weighted by atomic mass is 35.5. The molecule has 3 aromatic heterocycles. The molecule has 1 saturated heterocycles. The zero-order valence-electron chi connectivity index (χ0n) is 19.9. The number of imidazole rings is 1.